The molecule has 0 aliphatic carbocycles. The molecular weight excluding hydrogens is 331 g/mol. The van der Waals surface area contributed by atoms with Gasteiger partial charge in [0, 0.05) is 32.4 Å². The topological polar surface area (TPSA) is 56.1 Å². The molecule has 25 heavy (non-hydrogen) atoms. The Balaban J connectivity index is 1.68. The molecule has 1 aliphatic rings. The third-order valence-corrected chi connectivity index (χ3v) is 4.12. The summed E-state index contributed by atoms with van der Waals surface area (Å²) in [6.45, 7) is 2.89. The van der Waals surface area contributed by atoms with Gasteiger partial charge in [0.25, 0.3) is 0 Å². The number of alkyl halides is 3. The first-order valence-corrected chi connectivity index (χ1v) is 7.87. The van der Waals surface area contributed by atoms with E-state index in [0.717, 1.165) is 37.5 Å². The quantitative estimate of drug-likeness (QED) is 0.836. The molecule has 2 aromatic heterocycles. The van der Waals surface area contributed by atoms with E-state index < -0.39 is 11.7 Å². The van der Waals surface area contributed by atoms with Crippen LogP contribution in [0.4, 0.5) is 24.7 Å². The van der Waals surface area contributed by atoms with Crippen LogP contribution in [-0.4, -0.2) is 36.1 Å². The molecule has 2 aromatic rings. The highest BCUT2D eigenvalue weighted by molar-refractivity contribution is 5.47. The van der Waals surface area contributed by atoms with Crippen LogP contribution >= 0.6 is 0 Å². The molecule has 0 aromatic carbocycles. The highest BCUT2D eigenvalue weighted by Crippen LogP contribution is 2.29. The number of nitrogens with zero attached hydrogens (tertiary/aromatic N) is 5. The average molecular weight is 347 g/mol. The smallest absolute Gasteiger partial charge is 0.368 e. The van der Waals surface area contributed by atoms with Crippen LogP contribution in [-0.2, 0) is 6.18 Å². The summed E-state index contributed by atoms with van der Waals surface area (Å²) < 4.78 is 37.9. The number of hydrogen-bond donors (Lipinski definition) is 0. The molecule has 0 bridgehead atoms. The number of anilines is 2. The third kappa shape index (κ3) is 3.99. The van der Waals surface area contributed by atoms with Gasteiger partial charge in [-0.15, -0.1) is 0 Å². The molecular formula is C17H16F3N5. The van der Waals surface area contributed by atoms with E-state index in [1.54, 1.807) is 12.3 Å². The predicted molar refractivity (Wildman–Crippen MR) is 87.2 cm³/mol. The summed E-state index contributed by atoms with van der Waals surface area (Å²) in [7, 11) is 0. The number of nitriles is 1. The van der Waals surface area contributed by atoms with Crippen LogP contribution in [0.2, 0.25) is 0 Å². The molecule has 0 saturated carbocycles. The van der Waals surface area contributed by atoms with Crippen LogP contribution in [0.3, 0.4) is 0 Å². The Labute approximate surface area is 143 Å². The maximum atomic E-state index is 12.6. The van der Waals surface area contributed by atoms with Gasteiger partial charge >= 0.3 is 6.18 Å². The van der Waals surface area contributed by atoms with Crippen molar-refractivity contribution in [1.82, 2.24) is 9.97 Å². The zero-order chi connectivity index (χ0) is 17.9. The van der Waals surface area contributed by atoms with Crippen LogP contribution in [0.25, 0.3) is 0 Å². The molecule has 8 heteroatoms. The van der Waals surface area contributed by atoms with Crippen LogP contribution in [0.1, 0.15) is 17.7 Å². The van der Waals surface area contributed by atoms with E-state index in [-0.39, 0.29) is 0 Å². The summed E-state index contributed by atoms with van der Waals surface area (Å²) in [5.41, 5.74) is 0.562. The minimum absolute atomic E-state index is 0.370. The Morgan fingerprint density at radius 1 is 0.920 bits per heavy atom. The highest BCUT2D eigenvalue weighted by Gasteiger charge is 2.31. The normalized spacial score (nSPS) is 15.6. The Bertz CT molecular complexity index is 750. The van der Waals surface area contributed by atoms with Gasteiger partial charge in [-0.25, -0.2) is 9.97 Å². The lowest BCUT2D eigenvalue weighted by molar-refractivity contribution is -0.137. The van der Waals surface area contributed by atoms with Crippen LogP contribution in [0, 0.1) is 11.3 Å². The van der Waals surface area contributed by atoms with Gasteiger partial charge in [0.2, 0.25) is 0 Å². The molecule has 130 valence electrons. The van der Waals surface area contributed by atoms with E-state index in [1.807, 2.05) is 17.0 Å². The fraction of sp³-hybridized carbons (Fsp3) is 0.353. The van der Waals surface area contributed by atoms with Crippen molar-refractivity contribution in [3.63, 3.8) is 0 Å². The lowest BCUT2D eigenvalue weighted by Crippen LogP contribution is -2.31. The zero-order valence-corrected chi connectivity index (χ0v) is 13.4. The van der Waals surface area contributed by atoms with Crippen molar-refractivity contribution in [1.29, 1.82) is 5.26 Å². The molecule has 0 amide bonds. The molecule has 3 rings (SSSR count). The summed E-state index contributed by atoms with van der Waals surface area (Å²) >= 11 is 0. The van der Waals surface area contributed by atoms with Crippen LogP contribution in [0.5, 0.6) is 0 Å². The van der Waals surface area contributed by atoms with Gasteiger partial charge in [-0.2, -0.15) is 18.4 Å². The lowest BCUT2D eigenvalue weighted by atomic mass is 10.2. The molecule has 0 spiro atoms. The van der Waals surface area contributed by atoms with Crippen molar-refractivity contribution in [2.24, 2.45) is 0 Å². The Morgan fingerprint density at radius 3 is 2.28 bits per heavy atom. The number of rotatable bonds is 2. The first kappa shape index (κ1) is 17.0. The summed E-state index contributed by atoms with van der Waals surface area (Å²) in [4.78, 5) is 12.2. The van der Waals surface area contributed by atoms with Crippen molar-refractivity contribution in [3.8, 4) is 6.07 Å². The number of pyridine rings is 2. The van der Waals surface area contributed by atoms with E-state index in [1.165, 1.54) is 6.07 Å². The monoisotopic (exact) mass is 347 g/mol. The van der Waals surface area contributed by atoms with Crippen LogP contribution < -0.4 is 9.80 Å². The van der Waals surface area contributed by atoms with Crippen molar-refractivity contribution in [2.45, 2.75) is 12.6 Å². The highest BCUT2D eigenvalue weighted by atomic mass is 19.4. The molecule has 0 unspecified atom stereocenters. The average Bonchev–Trinajstić information content (AvgIpc) is 2.87. The second-order valence-corrected chi connectivity index (χ2v) is 5.74. The second-order valence-electron chi connectivity index (χ2n) is 5.74. The fourth-order valence-corrected chi connectivity index (χ4v) is 2.78. The lowest BCUT2D eigenvalue weighted by Gasteiger charge is -2.24. The van der Waals surface area contributed by atoms with E-state index in [9.17, 15) is 13.2 Å². The first-order chi connectivity index (χ1) is 12.0. The van der Waals surface area contributed by atoms with E-state index in [0.29, 0.717) is 24.6 Å². The number of hydrogen-bond acceptors (Lipinski definition) is 5. The minimum atomic E-state index is -4.37. The Kier molecular flexibility index (Phi) is 4.74. The van der Waals surface area contributed by atoms with Gasteiger partial charge in [0.05, 0.1) is 17.4 Å². The second kappa shape index (κ2) is 6.97. The molecule has 5 nitrogen and oxygen atoms in total. The van der Waals surface area contributed by atoms with E-state index in [4.69, 9.17) is 5.26 Å². The fourth-order valence-electron chi connectivity index (χ4n) is 2.78. The van der Waals surface area contributed by atoms with Gasteiger partial charge in [0.1, 0.15) is 17.6 Å². The zero-order valence-electron chi connectivity index (χ0n) is 13.4. The van der Waals surface area contributed by atoms with Crippen molar-refractivity contribution in [2.75, 3.05) is 36.0 Å². The molecule has 0 N–H and O–H groups in total. The van der Waals surface area contributed by atoms with E-state index >= 15 is 0 Å². The van der Waals surface area contributed by atoms with E-state index in [2.05, 4.69) is 14.9 Å². The minimum Gasteiger partial charge on any atom is -0.368 e. The summed E-state index contributed by atoms with van der Waals surface area (Å²) in [5.74, 6) is 0.549. The van der Waals surface area contributed by atoms with Gasteiger partial charge in [-0.1, -0.05) is 0 Å². The molecule has 0 radical (unpaired) electrons. The number of halogens is 3. The molecule has 3 heterocycles. The summed E-state index contributed by atoms with van der Waals surface area (Å²) in [6, 6.07) is 8.01. The summed E-state index contributed by atoms with van der Waals surface area (Å²) in [6.07, 6.45) is -0.973. The molecule has 1 fully saturated rings. The van der Waals surface area contributed by atoms with Crippen molar-refractivity contribution in [3.05, 3.63) is 47.9 Å². The standard InChI is InChI=1S/C17H16F3N5/c18-17(19,20)13-2-5-16(23-11-13)25-7-1-6-24(8-9-25)15-4-3-14(10-21)22-12-15/h2-5,11-12H,1,6-9H2. The molecule has 1 saturated heterocycles. The van der Waals surface area contributed by atoms with Crippen molar-refractivity contribution < 1.29 is 13.2 Å². The maximum absolute atomic E-state index is 12.6. The van der Waals surface area contributed by atoms with Gasteiger partial charge in [-0.05, 0) is 30.7 Å². The van der Waals surface area contributed by atoms with Crippen molar-refractivity contribution >= 4 is 11.5 Å². The SMILES string of the molecule is N#Cc1ccc(N2CCCN(c3ccc(C(F)(F)F)cn3)CC2)cn1. The molecule has 1 aliphatic heterocycles. The predicted octanol–water partition coefficient (Wildman–Crippen LogP) is 3.08. The number of aromatic nitrogens is 2. The van der Waals surface area contributed by atoms with Gasteiger partial charge in [-0.3, -0.25) is 0 Å². The first-order valence-electron chi connectivity index (χ1n) is 7.87. The third-order valence-electron chi connectivity index (χ3n) is 4.12. The maximum Gasteiger partial charge on any atom is 0.417 e. The largest absolute Gasteiger partial charge is 0.417 e. The van der Waals surface area contributed by atoms with Gasteiger partial charge in [0.15, 0.2) is 0 Å². The summed E-state index contributed by atoms with van der Waals surface area (Å²) in [5, 5.41) is 8.80. The molecule has 0 atom stereocenters. The van der Waals surface area contributed by atoms with Crippen LogP contribution in [0.15, 0.2) is 36.7 Å². The Morgan fingerprint density at radius 2 is 1.68 bits per heavy atom. The Hall–Kier alpha value is -2.82. The van der Waals surface area contributed by atoms with Gasteiger partial charge < -0.3 is 9.80 Å².